The molecule has 2 atom stereocenters. The number of aromatic hydroxyl groups is 1. The molecule has 2 fully saturated rings. The molecule has 0 unspecified atom stereocenters. The van der Waals surface area contributed by atoms with Crippen LogP contribution in [-0.2, 0) is 35.6 Å². The number of benzene rings is 3. The lowest BCUT2D eigenvalue weighted by atomic mass is 9.98. The Balaban J connectivity index is 1.34. The second-order valence-corrected chi connectivity index (χ2v) is 11.2. The first kappa shape index (κ1) is 28.9. The smallest absolute Gasteiger partial charge is 0.334 e. The van der Waals surface area contributed by atoms with Crippen molar-refractivity contribution < 1.29 is 19.5 Å². The Morgan fingerprint density at radius 2 is 1.82 bits per heavy atom. The molecule has 3 aromatic carbocycles. The number of hydrazine groups is 1. The Bertz CT molecular complexity index is 1690. The van der Waals surface area contributed by atoms with Crippen molar-refractivity contribution in [3.05, 3.63) is 108 Å². The third kappa shape index (κ3) is 5.73. The summed E-state index contributed by atoms with van der Waals surface area (Å²) >= 11 is 0. The van der Waals surface area contributed by atoms with Crippen molar-refractivity contribution >= 4 is 28.7 Å². The van der Waals surface area contributed by atoms with Crippen molar-refractivity contribution in [3.8, 4) is 5.75 Å². The fourth-order valence-corrected chi connectivity index (χ4v) is 6.07. The monoisotopic (exact) mass is 593 g/mol. The molecule has 3 heterocycles. The van der Waals surface area contributed by atoms with Gasteiger partial charge in [-0.15, -0.1) is 6.58 Å². The molecule has 4 amide bonds. The van der Waals surface area contributed by atoms with Crippen molar-refractivity contribution in [2.24, 2.45) is 0 Å². The van der Waals surface area contributed by atoms with Gasteiger partial charge in [-0.25, -0.2) is 14.8 Å². The topological polar surface area (TPSA) is 114 Å². The molecule has 2 saturated heterocycles. The van der Waals surface area contributed by atoms with Crippen LogP contribution in [0.1, 0.15) is 16.7 Å². The van der Waals surface area contributed by atoms with E-state index in [1.807, 2.05) is 59.4 Å². The van der Waals surface area contributed by atoms with E-state index in [1.165, 1.54) is 0 Å². The van der Waals surface area contributed by atoms with Crippen LogP contribution >= 0.6 is 0 Å². The Hall–Kier alpha value is -5.16. The molecule has 11 nitrogen and oxygen atoms in total. The highest BCUT2D eigenvalue weighted by atomic mass is 16.3. The third-order valence-corrected chi connectivity index (χ3v) is 8.14. The first-order valence-electron chi connectivity index (χ1n) is 14.6. The van der Waals surface area contributed by atoms with E-state index in [0.717, 1.165) is 27.6 Å². The standard InChI is InChI=1S/C33H35N7O4/c1-3-16-38-20-26-11-7-10-25(31(26)35-38)19-37-21-29-39(28(32(37)43)17-23-12-14-27(41)15-13-23)30(42)22-36(2)40(29)33(44)34-18-24-8-5-4-6-9-24/h3-15,20,28-29,41H,1,16-19,21-22H2,2H3,(H,34,44)/t28-,29-/m0/s1. The SMILES string of the molecule is C=CCn1cc2cccc(CN3C[C@H]4N(C(=O)CN(C)N4C(=O)NCc4ccccc4)[C@@H](Cc4ccc(O)cc4)C3=O)c2n1. The zero-order chi connectivity index (χ0) is 30.8. The van der Waals surface area contributed by atoms with Crippen LogP contribution < -0.4 is 5.32 Å². The minimum Gasteiger partial charge on any atom is -0.508 e. The Morgan fingerprint density at radius 1 is 1.05 bits per heavy atom. The number of nitrogens with one attached hydrogen (secondary N) is 1. The van der Waals surface area contributed by atoms with Crippen LogP contribution in [-0.4, -0.2) is 84.9 Å². The molecule has 1 aromatic heterocycles. The maximum atomic E-state index is 14.2. The summed E-state index contributed by atoms with van der Waals surface area (Å²) in [5.41, 5.74) is 3.39. The maximum Gasteiger partial charge on any atom is 0.334 e. The molecule has 0 radical (unpaired) electrons. The number of urea groups is 1. The van der Waals surface area contributed by atoms with E-state index in [1.54, 1.807) is 57.2 Å². The van der Waals surface area contributed by atoms with Gasteiger partial charge < -0.3 is 20.2 Å². The van der Waals surface area contributed by atoms with Gasteiger partial charge in [0.05, 0.1) is 25.2 Å². The summed E-state index contributed by atoms with van der Waals surface area (Å²) in [5.74, 6) is -0.324. The number of likely N-dealkylation sites (N-methyl/N-ethyl adjacent to an activating group) is 1. The van der Waals surface area contributed by atoms with Gasteiger partial charge in [-0.3, -0.25) is 14.3 Å². The summed E-state index contributed by atoms with van der Waals surface area (Å²) in [6.07, 6.45) is 3.23. The van der Waals surface area contributed by atoms with E-state index in [2.05, 4.69) is 11.9 Å². The van der Waals surface area contributed by atoms with Crippen LogP contribution in [0.25, 0.3) is 10.9 Å². The molecule has 11 heteroatoms. The maximum absolute atomic E-state index is 14.2. The van der Waals surface area contributed by atoms with Crippen molar-refractivity contribution in [1.29, 1.82) is 0 Å². The molecule has 0 aliphatic carbocycles. The number of aromatic nitrogens is 2. The lowest BCUT2D eigenvalue weighted by Gasteiger charge is -2.54. The normalized spacial score (nSPS) is 18.9. The quantitative estimate of drug-likeness (QED) is 0.304. The summed E-state index contributed by atoms with van der Waals surface area (Å²) in [4.78, 5) is 44.8. The van der Waals surface area contributed by atoms with E-state index in [0.29, 0.717) is 13.1 Å². The predicted octanol–water partition coefficient (Wildman–Crippen LogP) is 3.11. The lowest BCUT2D eigenvalue weighted by Crippen LogP contribution is -2.76. The number of nitrogens with zero attached hydrogens (tertiary/aromatic N) is 6. The van der Waals surface area contributed by atoms with E-state index >= 15 is 0 Å². The van der Waals surface area contributed by atoms with Gasteiger partial charge in [-0.1, -0.05) is 66.7 Å². The summed E-state index contributed by atoms with van der Waals surface area (Å²) in [6, 6.07) is 20.9. The van der Waals surface area contributed by atoms with Crippen LogP contribution in [0.4, 0.5) is 4.79 Å². The van der Waals surface area contributed by atoms with Crippen LogP contribution in [0, 0.1) is 0 Å². The molecule has 6 rings (SSSR count). The molecule has 226 valence electrons. The Kier molecular flexibility index (Phi) is 8.03. The van der Waals surface area contributed by atoms with Crippen LogP contribution in [0.2, 0.25) is 0 Å². The molecule has 44 heavy (non-hydrogen) atoms. The number of hydrogen-bond acceptors (Lipinski definition) is 6. The summed E-state index contributed by atoms with van der Waals surface area (Å²) in [6.45, 7) is 5.02. The van der Waals surface area contributed by atoms with Crippen molar-refractivity contribution in [1.82, 2.24) is 34.9 Å². The van der Waals surface area contributed by atoms with E-state index in [4.69, 9.17) is 5.10 Å². The fourth-order valence-electron chi connectivity index (χ4n) is 6.07. The number of phenols is 1. The first-order chi connectivity index (χ1) is 21.3. The third-order valence-electron chi connectivity index (χ3n) is 8.14. The molecule has 0 bridgehead atoms. The second kappa shape index (κ2) is 12.2. The molecule has 2 aliphatic rings. The number of rotatable bonds is 8. The van der Waals surface area contributed by atoms with Crippen LogP contribution in [0.15, 0.2) is 91.6 Å². The van der Waals surface area contributed by atoms with Crippen molar-refractivity contribution in [3.63, 3.8) is 0 Å². The van der Waals surface area contributed by atoms with Gasteiger partial charge in [0.25, 0.3) is 0 Å². The van der Waals surface area contributed by atoms with Gasteiger partial charge >= 0.3 is 6.03 Å². The zero-order valence-corrected chi connectivity index (χ0v) is 24.5. The number of amides is 4. The van der Waals surface area contributed by atoms with Gasteiger partial charge in [0.2, 0.25) is 11.8 Å². The molecule has 0 spiro atoms. The molecule has 0 saturated carbocycles. The number of hydrogen-bond donors (Lipinski definition) is 2. The van der Waals surface area contributed by atoms with Crippen molar-refractivity contribution in [2.45, 2.75) is 38.3 Å². The highest BCUT2D eigenvalue weighted by molar-refractivity contribution is 5.92. The number of piperazine rings is 1. The number of carbonyl (C=O) groups excluding carboxylic acids is 3. The molecule has 2 N–H and O–H groups in total. The highest BCUT2D eigenvalue weighted by Crippen LogP contribution is 2.30. The molecule has 2 aliphatic heterocycles. The fraction of sp³-hybridized carbons (Fsp3) is 0.273. The summed E-state index contributed by atoms with van der Waals surface area (Å²) < 4.78 is 1.81. The van der Waals surface area contributed by atoms with E-state index in [-0.39, 0.29) is 49.7 Å². The largest absolute Gasteiger partial charge is 0.508 e. The first-order valence-corrected chi connectivity index (χ1v) is 14.6. The van der Waals surface area contributed by atoms with Gasteiger partial charge in [0.1, 0.15) is 18.0 Å². The summed E-state index contributed by atoms with van der Waals surface area (Å²) in [7, 11) is 1.71. The molecular weight excluding hydrogens is 558 g/mol. The minimum atomic E-state index is -0.846. The number of allylic oxidation sites excluding steroid dienone is 1. The van der Waals surface area contributed by atoms with Gasteiger partial charge in [0.15, 0.2) is 0 Å². The number of carbonyl (C=O) groups is 3. The average Bonchev–Trinajstić information content (AvgIpc) is 3.43. The van der Waals surface area contributed by atoms with Gasteiger partial charge in [-0.05, 0) is 28.8 Å². The number of fused-ring (bicyclic) bond motifs is 2. The van der Waals surface area contributed by atoms with E-state index in [9.17, 15) is 19.5 Å². The van der Waals surface area contributed by atoms with Gasteiger partial charge in [-0.2, -0.15) is 5.10 Å². The number of phenolic OH excluding ortho intramolecular Hbond substituents is 1. The van der Waals surface area contributed by atoms with E-state index < -0.39 is 12.2 Å². The predicted molar refractivity (Wildman–Crippen MR) is 165 cm³/mol. The minimum absolute atomic E-state index is 0.0470. The Morgan fingerprint density at radius 3 is 2.57 bits per heavy atom. The lowest BCUT2D eigenvalue weighted by molar-refractivity contribution is -0.187. The second-order valence-electron chi connectivity index (χ2n) is 11.2. The zero-order valence-electron chi connectivity index (χ0n) is 24.5. The van der Waals surface area contributed by atoms with Crippen LogP contribution in [0.3, 0.4) is 0 Å². The van der Waals surface area contributed by atoms with Gasteiger partial charge in [0, 0.05) is 38.1 Å². The molecule has 4 aromatic rings. The molecular formula is C33H35N7O4. The van der Waals surface area contributed by atoms with Crippen molar-refractivity contribution in [2.75, 3.05) is 20.1 Å². The highest BCUT2D eigenvalue weighted by Gasteiger charge is 2.50. The average molecular weight is 594 g/mol. The summed E-state index contributed by atoms with van der Waals surface area (Å²) in [5, 5.41) is 21.7. The van der Waals surface area contributed by atoms with Crippen LogP contribution in [0.5, 0.6) is 5.75 Å². The Labute approximate surface area is 255 Å².